The Morgan fingerprint density at radius 3 is 2.22 bits per heavy atom. The number of carbonyl (C=O) groups excluding carboxylic acids is 1. The third-order valence-corrected chi connectivity index (χ3v) is 9.20. The summed E-state index contributed by atoms with van der Waals surface area (Å²) in [5, 5.41) is 9.10. The van der Waals surface area contributed by atoms with Crippen LogP contribution >= 0.6 is 15.9 Å². The topological polar surface area (TPSA) is 92.2 Å². The van der Waals surface area contributed by atoms with Crippen LogP contribution in [0.4, 0.5) is 8.78 Å². The van der Waals surface area contributed by atoms with Gasteiger partial charge in [-0.1, -0.05) is 88.7 Å². The SMILES string of the molecule is O=C(NNCCc1cc(F)cc(F)c1)[C@@]1(Cc2ccccc2Br)N=C(c2ccc(OCCCO)cc2)O[C@H]1c1ccc(-c2ccccc2)cc1. The van der Waals surface area contributed by atoms with Gasteiger partial charge in [0.15, 0.2) is 11.6 Å². The molecule has 5 aromatic rings. The number of aliphatic imine (C=N–C) groups is 1. The molecule has 0 unspecified atom stereocenters. The smallest absolute Gasteiger partial charge is 0.266 e. The Kier molecular flexibility index (Phi) is 11.3. The summed E-state index contributed by atoms with van der Waals surface area (Å²) in [5.74, 6) is -0.829. The van der Waals surface area contributed by atoms with Gasteiger partial charge in [-0.05, 0) is 76.7 Å². The second-order valence-corrected chi connectivity index (χ2v) is 12.8. The first-order valence-electron chi connectivity index (χ1n) is 16.3. The maximum atomic E-state index is 14.5. The van der Waals surface area contributed by atoms with Crippen molar-refractivity contribution >= 4 is 27.7 Å². The van der Waals surface area contributed by atoms with E-state index in [-0.39, 0.29) is 26.0 Å². The molecule has 0 bridgehead atoms. The van der Waals surface area contributed by atoms with Crippen molar-refractivity contribution in [3.8, 4) is 16.9 Å². The Bertz CT molecular complexity index is 1920. The maximum absolute atomic E-state index is 14.5. The van der Waals surface area contributed by atoms with E-state index in [9.17, 15) is 13.6 Å². The van der Waals surface area contributed by atoms with Crippen molar-refractivity contribution in [2.24, 2.45) is 4.99 Å². The van der Waals surface area contributed by atoms with Gasteiger partial charge in [0.25, 0.3) is 5.91 Å². The maximum Gasteiger partial charge on any atom is 0.266 e. The number of hydrogen-bond donors (Lipinski definition) is 3. The number of aliphatic hydroxyl groups is 1. The number of carbonyl (C=O) groups is 1. The second-order valence-electron chi connectivity index (χ2n) is 12.0. The Balaban J connectivity index is 1.35. The summed E-state index contributed by atoms with van der Waals surface area (Å²) in [6.45, 7) is 0.631. The van der Waals surface area contributed by atoms with Crippen LogP contribution in [-0.2, 0) is 22.4 Å². The molecule has 0 spiro atoms. The van der Waals surface area contributed by atoms with Crippen LogP contribution in [0.2, 0.25) is 0 Å². The van der Waals surface area contributed by atoms with E-state index in [0.717, 1.165) is 32.8 Å². The van der Waals surface area contributed by atoms with Crippen molar-refractivity contribution in [1.29, 1.82) is 0 Å². The lowest BCUT2D eigenvalue weighted by Crippen LogP contribution is -2.54. The zero-order valence-electron chi connectivity index (χ0n) is 27.1. The van der Waals surface area contributed by atoms with E-state index in [1.54, 1.807) is 12.1 Å². The molecule has 10 heteroatoms. The number of benzene rings is 5. The molecule has 1 amide bonds. The molecule has 256 valence electrons. The van der Waals surface area contributed by atoms with Gasteiger partial charge in [0.2, 0.25) is 5.90 Å². The Labute approximate surface area is 298 Å². The normalized spacial score (nSPS) is 16.8. The number of nitrogens with one attached hydrogen (secondary N) is 2. The monoisotopic (exact) mass is 739 g/mol. The zero-order valence-corrected chi connectivity index (χ0v) is 28.7. The van der Waals surface area contributed by atoms with Gasteiger partial charge >= 0.3 is 0 Å². The van der Waals surface area contributed by atoms with Gasteiger partial charge in [0.05, 0.1) is 6.61 Å². The molecule has 1 aliphatic heterocycles. The van der Waals surface area contributed by atoms with E-state index in [2.05, 4.69) is 26.8 Å². The van der Waals surface area contributed by atoms with Gasteiger partial charge in [-0.25, -0.2) is 19.2 Å². The number of rotatable bonds is 14. The summed E-state index contributed by atoms with van der Waals surface area (Å²) in [6, 6.07) is 36.2. The lowest BCUT2D eigenvalue weighted by atomic mass is 9.82. The summed E-state index contributed by atoms with van der Waals surface area (Å²) < 4.78 is 40.7. The number of ether oxygens (including phenoxy) is 2. The fraction of sp³-hybridized carbons (Fsp3) is 0.200. The highest BCUT2D eigenvalue weighted by Gasteiger charge is 2.53. The van der Waals surface area contributed by atoms with Crippen LogP contribution in [0.1, 0.15) is 34.8 Å². The Morgan fingerprint density at radius 1 is 0.860 bits per heavy atom. The lowest BCUT2D eigenvalue weighted by molar-refractivity contribution is -0.130. The molecular weight excluding hydrogens is 704 g/mol. The first-order valence-corrected chi connectivity index (χ1v) is 17.1. The standard InChI is InChI=1S/C40H36BrF2N3O4/c41-36-10-5-4-9-32(36)26-40(39(48)46-44-20-19-27-23-33(42)25-34(43)24-27)37(30-13-11-29(12-14-30)28-7-2-1-3-8-28)50-38(45-40)31-15-17-35(18-16-31)49-22-6-21-47/h1-5,7-18,23-25,37,44,47H,6,19-22,26H2,(H,46,48)/t37-,40-/m0/s1. The van der Waals surface area contributed by atoms with E-state index < -0.39 is 29.2 Å². The van der Waals surface area contributed by atoms with Gasteiger partial charge in [-0.15, -0.1) is 0 Å². The van der Waals surface area contributed by atoms with E-state index in [0.29, 0.717) is 35.8 Å². The van der Waals surface area contributed by atoms with Crippen molar-refractivity contribution in [3.63, 3.8) is 0 Å². The van der Waals surface area contributed by atoms with Crippen LogP contribution in [0.5, 0.6) is 5.75 Å². The minimum Gasteiger partial charge on any atom is -0.494 e. The first-order chi connectivity index (χ1) is 24.3. The van der Waals surface area contributed by atoms with Crippen LogP contribution < -0.4 is 15.6 Å². The van der Waals surface area contributed by atoms with Gasteiger partial charge < -0.3 is 14.6 Å². The highest BCUT2D eigenvalue weighted by Crippen LogP contribution is 2.43. The molecule has 1 aliphatic rings. The van der Waals surface area contributed by atoms with Gasteiger partial charge in [0, 0.05) is 42.1 Å². The van der Waals surface area contributed by atoms with Crippen molar-refractivity contribution in [1.82, 2.24) is 10.9 Å². The number of nitrogens with zero attached hydrogens (tertiary/aromatic N) is 1. The van der Waals surface area contributed by atoms with E-state index in [1.807, 2.05) is 91.0 Å². The summed E-state index contributed by atoms with van der Waals surface area (Å²) in [7, 11) is 0. The summed E-state index contributed by atoms with van der Waals surface area (Å²) in [6.07, 6.45) is 0.152. The molecule has 2 atom stereocenters. The molecule has 0 saturated carbocycles. The number of halogens is 3. The number of hydrogen-bond acceptors (Lipinski definition) is 6. The molecule has 1 heterocycles. The quantitative estimate of drug-likeness (QED) is 0.0810. The fourth-order valence-electron chi connectivity index (χ4n) is 5.91. The molecule has 7 nitrogen and oxygen atoms in total. The summed E-state index contributed by atoms with van der Waals surface area (Å²) >= 11 is 3.66. The minimum absolute atomic E-state index is 0.0380. The average molecular weight is 741 g/mol. The van der Waals surface area contributed by atoms with Gasteiger partial charge in [-0.3, -0.25) is 10.2 Å². The molecule has 0 aromatic heterocycles. The number of aliphatic hydroxyl groups excluding tert-OH is 1. The van der Waals surface area contributed by atoms with Crippen molar-refractivity contribution in [2.75, 3.05) is 19.8 Å². The van der Waals surface area contributed by atoms with Crippen LogP contribution in [-0.4, -0.2) is 42.2 Å². The minimum atomic E-state index is -1.47. The highest BCUT2D eigenvalue weighted by molar-refractivity contribution is 9.10. The van der Waals surface area contributed by atoms with Crippen LogP contribution in [0.25, 0.3) is 11.1 Å². The van der Waals surface area contributed by atoms with Crippen LogP contribution in [0.3, 0.4) is 0 Å². The molecule has 50 heavy (non-hydrogen) atoms. The van der Waals surface area contributed by atoms with Gasteiger partial charge in [-0.2, -0.15) is 0 Å². The highest BCUT2D eigenvalue weighted by atomic mass is 79.9. The van der Waals surface area contributed by atoms with Crippen molar-refractivity contribution in [2.45, 2.75) is 30.9 Å². The predicted octanol–water partition coefficient (Wildman–Crippen LogP) is 7.52. The van der Waals surface area contributed by atoms with E-state index >= 15 is 0 Å². The molecule has 0 aliphatic carbocycles. The van der Waals surface area contributed by atoms with Crippen LogP contribution in [0, 0.1) is 11.6 Å². The molecule has 5 aromatic carbocycles. The molecule has 0 fully saturated rings. The molecule has 6 rings (SSSR count). The zero-order chi connectivity index (χ0) is 34.9. The van der Waals surface area contributed by atoms with Gasteiger partial charge in [0.1, 0.15) is 17.4 Å². The fourth-order valence-corrected chi connectivity index (χ4v) is 6.33. The largest absolute Gasteiger partial charge is 0.494 e. The first kappa shape index (κ1) is 34.9. The third kappa shape index (κ3) is 8.27. The summed E-state index contributed by atoms with van der Waals surface area (Å²) in [5.41, 5.74) is 9.11. The molecule has 0 saturated heterocycles. The Hall–Kier alpha value is -4.90. The molecule has 3 N–H and O–H groups in total. The average Bonchev–Trinajstić information content (AvgIpc) is 3.52. The van der Waals surface area contributed by atoms with E-state index in [4.69, 9.17) is 19.6 Å². The molecular formula is C40H36BrF2N3O4. The predicted molar refractivity (Wildman–Crippen MR) is 193 cm³/mol. The van der Waals surface area contributed by atoms with Crippen molar-refractivity contribution in [3.05, 3.63) is 160 Å². The number of hydrazine groups is 1. The summed E-state index contributed by atoms with van der Waals surface area (Å²) in [4.78, 5) is 19.6. The van der Waals surface area contributed by atoms with Crippen LogP contribution in [0.15, 0.2) is 131 Å². The Morgan fingerprint density at radius 2 is 1.52 bits per heavy atom. The second kappa shape index (κ2) is 16.2. The third-order valence-electron chi connectivity index (χ3n) is 8.43. The lowest BCUT2D eigenvalue weighted by Gasteiger charge is -2.31. The van der Waals surface area contributed by atoms with E-state index in [1.165, 1.54) is 12.1 Å². The number of amides is 1. The van der Waals surface area contributed by atoms with Crippen molar-refractivity contribution < 1.29 is 28.2 Å². The molecule has 0 radical (unpaired) electrons.